The largest absolute Gasteiger partial charge is 0.310 e. The van der Waals surface area contributed by atoms with Crippen LogP contribution in [0.25, 0.3) is 64.3 Å². The average Bonchev–Trinajstić information content (AvgIpc) is 3.52. The standard InChI is InChI=1S/C46H31NS/c1-3-10-32(11-4-1)34-20-24-40(25-21-34)47(42-15-9-14-36(29-42)33-12-5-2-6-13-33)41-26-22-35(23-27-41)37-18-19-38-30-44-43-16-7-8-17-45(43)48-46(44)31-39(38)28-37/h1-31H. The molecule has 9 aromatic rings. The van der Waals surface area contributed by atoms with Crippen molar-refractivity contribution in [3.63, 3.8) is 0 Å². The number of thiophene rings is 1. The first-order chi connectivity index (χ1) is 23.8. The van der Waals surface area contributed by atoms with Crippen molar-refractivity contribution >= 4 is 59.3 Å². The van der Waals surface area contributed by atoms with E-state index in [1.165, 1.54) is 64.3 Å². The maximum absolute atomic E-state index is 2.35. The molecule has 0 aliphatic rings. The molecule has 1 nitrogen and oxygen atoms in total. The highest BCUT2D eigenvalue weighted by atomic mass is 32.1. The van der Waals surface area contributed by atoms with Gasteiger partial charge in [-0.05, 0) is 105 Å². The van der Waals surface area contributed by atoms with E-state index in [1.54, 1.807) is 0 Å². The first-order valence-electron chi connectivity index (χ1n) is 16.3. The number of anilines is 3. The van der Waals surface area contributed by atoms with Crippen LogP contribution < -0.4 is 4.90 Å². The molecule has 48 heavy (non-hydrogen) atoms. The molecule has 0 radical (unpaired) electrons. The second kappa shape index (κ2) is 12.0. The molecule has 226 valence electrons. The van der Waals surface area contributed by atoms with Gasteiger partial charge in [-0.25, -0.2) is 0 Å². The number of rotatable bonds is 6. The quantitative estimate of drug-likeness (QED) is 0.177. The highest BCUT2D eigenvalue weighted by Gasteiger charge is 2.15. The van der Waals surface area contributed by atoms with E-state index in [0.29, 0.717) is 0 Å². The molecule has 0 saturated heterocycles. The van der Waals surface area contributed by atoms with E-state index in [1.807, 2.05) is 11.3 Å². The van der Waals surface area contributed by atoms with E-state index in [0.717, 1.165) is 17.1 Å². The monoisotopic (exact) mass is 629 g/mol. The third-order valence-corrected chi connectivity index (χ3v) is 10.4. The zero-order valence-electron chi connectivity index (χ0n) is 26.3. The Kier molecular flexibility index (Phi) is 7.07. The molecule has 2 heteroatoms. The van der Waals surface area contributed by atoms with Crippen molar-refractivity contribution < 1.29 is 0 Å². The molecule has 0 spiro atoms. The lowest BCUT2D eigenvalue weighted by atomic mass is 9.99. The van der Waals surface area contributed by atoms with Gasteiger partial charge in [0.05, 0.1) is 0 Å². The van der Waals surface area contributed by atoms with Crippen molar-refractivity contribution in [1.29, 1.82) is 0 Å². The predicted octanol–water partition coefficient (Wildman–Crippen LogP) is 13.7. The van der Waals surface area contributed by atoms with Crippen LogP contribution >= 0.6 is 11.3 Å². The van der Waals surface area contributed by atoms with Crippen molar-refractivity contribution in [2.24, 2.45) is 0 Å². The predicted molar refractivity (Wildman–Crippen MR) is 208 cm³/mol. The second-order valence-electron chi connectivity index (χ2n) is 12.2. The van der Waals surface area contributed by atoms with Crippen molar-refractivity contribution in [1.82, 2.24) is 0 Å². The van der Waals surface area contributed by atoms with E-state index in [9.17, 15) is 0 Å². The van der Waals surface area contributed by atoms with Crippen LogP contribution in [0.3, 0.4) is 0 Å². The first kappa shape index (κ1) is 28.3. The van der Waals surface area contributed by atoms with Crippen LogP contribution in [-0.4, -0.2) is 0 Å². The molecule has 0 aliphatic heterocycles. The molecule has 0 unspecified atom stereocenters. The van der Waals surface area contributed by atoms with Gasteiger partial charge in [0.15, 0.2) is 0 Å². The zero-order valence-corrected chi connectivity index (χ0v) is 27.1. The third-order valence-electron chi connectivity index (χ3n) is 9.24. The second-order valence-corrected chi connectivity index (χ2v) is 13.3. The van der Waals surface area contributed by atoms with Gasteiger partial charge >= 0.3 is 0 Å². The Labute approximate surface area is 284 Å². The number of hydrogen-bond acceptors (Lipinski definition) is 2. The Bertz CT molecular complexity index is 2530. The summed E-state index contributed by atoms with van der Waals surface area (Å²) in [7, 11) is 0. The van der Waals surface area contributed by atoms with Crippen LogP contribution in [0.5, 0.6) is 0 Å². The molecule has 0 fully saturated rings. The van der Waals surface area contributed by atoms with E-state index >= 15 is 0 Å². The topological polar surface area (TPSA) is 3.24 Å². The van der Waals surface area contributed by atoms with Crippen LogP contribution in [0, 0.1) is 0 Å². The summed E-state index contributed by atoms with van der Waals surface area (Å²) in [5, 5.41) is 5.23. The molecular weight excluding hydrogens is 599 g/mol. The SMILES string of the molecule is c1ccc(-c2ccc(N(c3ccc(-c4ccc5cc6c(cc5c4)sc4ccccc46)cc3)c3cccc(-c4ccccc4)c3)cc2)cc1. The van der Waals surface area contributed by atoms with Gasteiger partial charge in [-0.1, -0.05) is 127 Å². The molecule has 9 rings (SSSR count). The Morgan fingerprint density at radius 3 is 1.54 bits per heavy atom. The van der Waals surface area contributed by atoms with Gasteiger partial charge in [-0.3, -0.25) is 0 Å². The van der Waals surface area contributed by atoms with Gasteiger partial charge in [0.1, 0.15) is 0 Å². The maximum atomic E-state index is 2.35. The van der Waals surface area contributed by atoms with Gasteiger partial charge in [0, 0.05) is 37.2 Å². The molecule has 0 bridgehead atoms. The minimum absolute atomic E-state index is 1.11. The highest BCUT2D eigenvalue weighted by Crippen LogP contribution is 2.40. The van der Waals surface area contributed by atoms with Crippen molar-refractivity contribution in [2.45, 2.75) is 0 Å². The van der Waals surface area contributed by atoms with Gasteiger partial charge in [0.2, 0.25) is 0 Å². The summed E-state index contributed by atoms with van der Waals surface area (Å²) >= 11 is 1.87. The maximum Gasteiger partial charge on any atom is 0.0467 e. The first-order valence-corrected chi connectivity index (χ1v) is 17.2. The number of benzene rings is 8. The van der Waals surface area contributed by atoms with E-state index in [2.05, 4.69) is 193 Å². The molecular formula is C46H31NS. The molecule has 0 N–H and O–H groups in total. The summed E-state index contributed by atoms with van der Waals surface area (Å²) in [4.78, 5) is 2.35. The summed E-state index contributed by atoms with van der Waals surface area (Å²) in [6.07, 6.45) is 0. The van der Waals surface area contributed by atoms with Gasteiger partial charge in [-0.15, -0.1) is 11.3 Å². The fourth-order valence-electron chi connectivity index (χ4n) is 6.79. The van der Waals surface area contributed by atoms with Crippen LogP contribution in [0.1, 0.15) is 0 Å². The third kappa shape index (κ3) is 5.23. The summed E-state index contributed by atoms with van der Waals surface area (Å²) in [6, 6.07) is 68.1. The fourth-order valence-corrected chi connectivity index (χ4v) is 7.92. The Balaban J connectivity index is 1.10. The lowest BCUT2D eigenvalue weighted by Crippen LogP contribution is -2.10. The molecule has 0 saturated carbocycles. The molecule has 0 aliphatic carbocycles. The van der Waals surface area contributed by atoms with E-state index in [4.69, 9.17) is 0 Å². The van der Waals surface area contributed by atoms with Crippen LogP contribution in [0.2, 0.25) is 0 Å². The molecule has 1 heterocycles. The molecule has 0 atom stereocenters. The lowest BCUT2D eigenvalue weighted by molar-refractivity contribution is 1.28. The molecule has 1 aromatic heterocycles. The zero-order chi connectivity index (χ0) is 31.9. The van der Waals surface area contributed by atoms with Gasteiger partial charge in [-0.2, -0.15) is 0 Å². The minimum atomic E-state index is 1.11. The number of hydrogen-bond donors (Lipinski definition) is 0. The van der Waals surface area contributed by atoms with Crippen LogP contribution in [-0.2, 0) is 0 Å². The van der Waals surface area contributed by atoms with Crippen LogP contribution in [0.4, 0.5) is 17.1 Å². The fraction of sp³-hybridized carbons (Fsp3) is 0. The van der Waals surface area contributed by atoms with E-state index in [-0.39, 0.29) is 0 Å². The normalized spacial score (nSPS) is 11.3. The van der Waals surface area contributed by atoms with Crippen LogP contribution in [0.15, 0.2) is 188 Å². The smallest absolute Gasteiger partial charge is 0.0467 e. The minimum Gasteiger partial charge on any atom is -0.310 e. The highest BCUT2D eigenvalue weighted by molar-refractivity contribution is 7.25. The lowest BCUT2D eigenvalue weighted by Gasteiger charge is -2.26. The average molecular weight is 630 g/mol. The summed E-state index contributed by atoms with van der Waals surface area (Å²) in [5.74, 6) is 0. The molecule has 8 aromatic carbocycles. The Morgan fingerprint density at radius 2 is 0.833 bits per heavy atom. The van der Waals surface area contributed by atoms with Crippen molar-refractivity contribution in [2.75, 3.05) is 4.90 Å². The van der Waals surface area contributed by atoms with Gasteiger partial charge in [0.25, 0.3) is 0 Å². The summed E-state index contributed by atoms with van der Waals surface area (Å²) in [6.45, 7) is 0. The van der Waals surface area contributed by atoms with E-state index < -0.39 is 0 Å². The summed E-state index contributed by atoms with van der Waals surface area (Å²) < 4.78 is 2.68. The molecule has 0 amide bonds. The number of nitrogens with zero attached hydrogens (tertiary/aromatic N) is 1. The Morgan fingerprint density at radius 1 is 0.292 bits per heavy atom. The van der Waals surface area contributed by atoms with Crippen molar-refractivity contribution in [3.05, 3.63) is 188 Å². The number of fused-ring (bicyclic) bond motifs is 4. The van der Waals surface area contributed by atoms with Gasteiger partial charge < -0.3 is 4.90 Å². The Hall–Kier alpha value is -5.96. The summed E-state index contributed by atoms with van der Waals surface area (Å²) in [5.41, 5.74) is 10.6. The van der Waals surface area contributed by atoms with Crippen molar-refractivity contribution in [3.8, 4) is 33.4 Å².